The van der Waals surface area contributed by atoms with Crippen LogP contribution in [0.4, 0.5) is 5.82 Å². The average Bonchev–Trinajstić information content (AvgIpc) is 2.16. The number of anilines is 1. The highest BCUT2D eigenvalue weighted by Crippen LogP contribution is 2.15. The van der Waals surface area contributed by atoms with Crippen molar-refractivity contribution in [2.75, 3.05) is 11.9 Å². The molecule has 0 fully saturated rings. The van der Waals surface area contributed by atoms with E-state index in [4.69, 9.17) is 4.74 Å². The highest BCUT2D eigenvalue weighted by molar-refractivity contribution is 5.39. The number of hydrogen-bond donors (Lipinski definition) is 1. The highest BCUT2D eigenvalue weighted by Gasteiger charge is 2.10. The van der Waals surface area contributed by atoms with Crippen LogP contribution in [0.1, 0.15) is 27.7 Å². The molecule has 0 radical (unpaired) electrons. The van der Waals surface area contributed by atoms with Crippen LogP contribution >= 0.6 is 0 Å². The largest absolute Gasteiger partial charge is 0.473 e. The maximum atomic E-state index is 5.46. The summed E-state index contributed by atoms with van der Waals surface area (Å²) in [5.74, 6) is 1.48. The third kappa shape index (κ3) is 4.82. The predicted molar refractivity (Wildman–Crippen MR) is 67.9 cm³/mol. The zero-order valence-corrected chi connectivity index (χ0v) is 10.4. The molecule has 16 heavy (non-hydrogen) atoms. The van der Waals surface area contributed by atoms with Gasteiger partial charge in [-0.2, -0.15) is 4.98 Å². The SMILES string of the molecule is C/C=C/COc1cccc(NC(C)(C)C)n1. The molecule has 88 valence electrons. The number of rotatable bonds is 4. The second-order valence-corrected chi connectivity index (χ2v) is 4.62. The maximum absolute atomic E-state index is 5.46. The van der Waals surface area contributed by atoms with Crippen LogP contribution in [0.25, 0.3) is 0 Å². The van der Waals surface area contributed by atoms with Crippen LogP contribution in [0.5, 0.6) is 5.88 Å². The molecule has 0 atom stereocenters. The summed E-state index contributed by atoms with van der Waals surface area (Å²) >= 11 is 0. The molecule has 1 N–H and O–H groups in total. The molecule has 0 spiro atoms. The van der Waals surface area contributed by atoms with E-state index in [9.17, 15) is 0 Å². The first-order valence-electron chi connectivity index (χ1n) is 5.50. The molecule has 3 heteroatoms. The van der Waals surface area contributed by atoms with Crippen LogP contribution in [0.2, 0.25) is 0 Å². The summed E-state index contributed by atoms with van der Waals surface area (Å²) < 4.78 is 5.46. The number of hydrogen-bond acceptors (Lipinski definition) is 3. The van der Waals surface area contributed by atoms with Crippen LogP contribution < -0.4 is 10.1 Å². The third-order valence-electron chi connectivity index (χ3n) is 1.79. The lowest BCUT2D eigenvalue weighted by Gasteiger charge is -2.21. The molecule has 3 nitrogen and oxygen atoms in total. The summed E-state index contributed by atoms with van der Waals surface area (Å²) in [6, 6.07) is 5.73. The van der Waals surface area contributed by atoms with Crippen LogP contribution in [-0.4, -0.2) is 17.1 Å². The Morgan fingerprint density at radius 3 is 2.75 bits per heavy atom. The minimum Gasteiger partial charge on any atom is -0.473 e. The first-order chi connectivity index (χ1) is 7.51. The topological polar surface area (TPSA) is 34.1 Å². The molecule has 0 aliphatic rings. The van der Waals surface area contributed by atoms with Gasteiger partial charge in [-0.15, -0.1) is 0 Å². The van der Waals surface area contributed by atoms with E-state index in [0.29, 0.717) is 12.5 Å². The lowest BCUT2D eigenvalue weighted by atomic mass is 10.1. The van der Waals surface area contributed by atoms with Gasteiger partial charge in [0.1, 0.15) is 12.4 Å². The molecule has 1 rings (SSSR count). The van der Waals surface area contributed by atoms with Gasteiger partial charge >= 0.3 is 0 Å². The van der Waals surface area contributed by atoms with E-state index in [1.54, 1.807) is 0 Å². The van der Waals surface area contributed by atoms with Crippen molar-refractivity contribution in [1.29, 1.82) is 0 Å². The molecule has 1 heterocycles. The van der Waals surface area contributed by atoms with Gasteiger partial charge in [0.15, 0.2) is 0 Å². The smallest absolute Gasteiger partial charge is 0.215 e. The van der Waals surface area contributed by atoms with Gasteiger partial charge in [0, 0.05) is 11.6 Å². The Morgan fingerprint density at radius 1 is 1.38 bits per heavy atom. The zero-order chi connectivity index (χ0) is 12.0. The Bertz CT molecular complexity index is 353. The Labute approximate surface area is 97.5 Å². The Balaban J connectivity index is 2.64. The average molecular weight is 220 g/mol. The van der Waals surface area contributed by atoms with Crippen LogP contribution in [-0.2, 0) is 0 Å². The minimum absolute atomic E-state index is 0.00887. The van der Waals surface area contributed by atoms with Gasteiger partial charge in [-0.3, -0.25) is 0 Å². The summed E-state index contributed by atoms with van der Waals surface area (Å²) in [4.78, 5) is 4.36. The molecular weight excluding hydrogens is 200 g/mol. The van der Waals surface area contributed by atoms with Crippen LogP contribution in [0, 0.1) is 0 Å². The molecule has 0 aliphatic carbocycles. The normalized spacial score (nSPS) is 11.8. The fourth-order valence-corrected chi connectivity index (χ4v) is 1.18. The highest BCUT2D eigenvalue weighted by atomic mass is 16.5. The van der Waals surface area contributed by atoms with Crippen molar-refractivity contribution in [3.05, 3.63) is 30.4 Å². The number of pyridine rings is 1. The van der Waals surface area contributed by atoms with Crippen molar-refractivity contribution in [2.24, 2.45) is 0 Å². The van der Waals surface area contributed by atoms with Crippen molar-refractivity contribution >= 4 is 5.82 Å². The van der Waals surface area contributed by atoms with Crippen molar-refractivity contribution < 1.29 is 4.74 Å². The van der Waals surface area contributed by atoms with Crippen molar-refractivity contribution in [2.45, 2.75) is 33.2 Å². The van der Waals surface area contributed by atoms with Gasteiger partial charge < -0.3 is 10.1 Å². The standard InChI is InChI=1S/C13H20N2O/c1-5-6-10-16-12-9-7-8-11(14-12)15-13(2,3)4/h5-9H,10H2,1-4H3,(H,14,15)/b6-5+. The Morgan fingerprint density at radius 2 is 2.12 bits per heavy atom. The molecule has 0 aromatic carbocycles. The fraction of sp³-hybridized carbons (Fsp3) is 0.462. The lowest BCUT2D eigenvalue weighted by molar-refractivity contribution is 0.348. The molecule has 0 unspecified atom stereocenters. The minimum atomic E-state index is 0.00887. The Kier molecular flexibility index (Phi) is 4.35. The van der Waals surface area contributed by atoms with Gasteiger partial charge in [-0.25, -0.2) is 0 Å². The summed E-state index contributed by atoms with van der Waals surface area (Å²) in [6.45, 7) is 8.82. The van der Waals surface area contributed by atoms with E-state index >= 15 is 0 Å². The summed E-state index contributed by atoms with van der Waals surface area (Å²) in [5.41, 5.74) is 0.00887. The number of ether oxygens (including phenoxy) is 1. The fourth-order valence-electron chi connectivity index (χ4n) is 1.18. The monoisotopic (exact) mass is 220 g/mol. The molecule has 0 bridgehead atoms. The summed E-state index contributed by atoms with van der Waals surface area (Å²) in [5, 5.41) is 3.30. The van der Waals surface area contributed by atoms with Crippen molar-refractivity contribution in [1.82, 2.24) is 4.98 Å². The Hall–Kier alpha value is -1.51. The van der Waals surface area contributed by atoms with Gasteiger partial charge in [-0.1, -0.05) is 18.2 Å². The van der Waals surface area contributed by atoms with Crippen molar-refractivity contribution in [3.8, 4) is 5.88 Å². The molecule has 0 amide bonds. The molecule has 0 aliphatic heterocycles. The van der Waals surface area contributed by atoms with Crippen molar-refractivity contribution in [3.63, 3.8) is 0 Å². The summed E-state index contributed by atoms with van der Waals surface area (Å²) in [6.07, 6.45) is 3.91. The molecule has 0 saturated heterocycles. The van der Waals surface area contributed by atoms with E-state index in [1.807, 2.05) is 37.3 Å². The van der Waals surface area contributed by atoms with E-state index in [1.165, 1.54) is 0 Å². The van der Waals surface area contributed by atoms with Gasteiger partial charge in [-0.05, 0) is 33.8 Å². The van der Waals surface area contributed by atoms with Gasteiger partial charge in [0.2, 0.25) is 5.88 Å². The quantitative estimate of drug-likeness (QED) is 0.791. The van der Waals surface area contributed by atoms with E-state index in [-0.39, 0.29) is 5.54 Å². The second-order valence-electron chi connectivity index (χ2n) is 4.62. The van der Waals surface area contributed by atoms with E-state index < -0.39 is 0 Å². The zero-order valence-electron chi connectivity index (χ0n) is 10.4. The predicted octanol–water partition coefficient (Wildman–Crippen LogP) is 3.25. The number of nitrogens with one attached hydrogen (secondary N) is 1. The number of allylic oxidation sites excluding steroid dienone is 1. The van der Waals surface area contributed by atoms with E-state index in [0.717, 1.165) is 5.82 Å². The first-order valence-corrected chi connectivity index (χ1v) is 5.50. The van der Waals surface area contributed by atoms with E-state index in [2.05, 4.69) is 31.1 Å². The maximum Gasteiger partial charge on any atom is 0.215 e. The van der Waals surface area contributed by atoms with Gasteiger partial charge in [0.05, 0.1) is 0 Å². The van der Waals surface area contributed by atoms with Crippen LogP contribution in [0.15, 0.2) is 30.4 Å². The molecule has 0 saturated carbocycles. The lowest BCUT2D eigenvalue weighted by Crippen LogP contribution is -2.26. The number of nitrogens with zero attached hydrogens (tertiary/aromatic N) is 1. The number of aromatic nitrogens is 1. The summed E-state index contributed by atoms with van der Waals surface area (Å²) in [7, 11) is 0. The van der Waals surface area contributed by atoms with Gasteiger partial charge in [0.25, 0.3) is 0 Å². The van der Waals surface area contributed by atoms with Crippen LogP contribution in [0.3, 0.4) is 0 Å². The molecule has 1 aromatic rings. The third-order valence-corrected chi connectivity index (χ3v) is 1.79. The second kappa shape index (κ2) is 5.54. The molecule has 1 aromatic heterocycles. The first kappa shape index (κ1) is 12.6. The molecular formula is C13H20N2O.